The number of nitrogens with zero attached hydrogens (tertiary/aromatic N) is 2. The van der Waals surface area contributed by atoms with Crippen LogP contribution < -0.4 is 21.1 Å². The number of guanidine groups is 1. The molecule has 1 aliphatic rings. The lowest BCUT2D eigenvalue weighted by molar-refractivity contribution is -0.122. The van der Waals surface area contributed by atoms with Gasteiger partial charge in [0.2, 0.25) is 5.91 Å². The Morgan fingerprint density at radius 1 is 1.32 bits per heavy atom. The van der Waals surface area contributed by atoms with Gasteiger partial charge in [0.25, 0.3) is 5.91 Å². The Kier molecular flexibility index (Phi) is 10.6. The summed E-state index contributed by atoms with van der Waals surface area (Å²) in [5.41, 5.74) is 6.12. The van der Waals surface area contributed by atoms with Gasteiger partial charge in [-0.15, -0.1) is 24.0 Å². The quantitative estimate of drug-likeness (QED) is 0.293. The number of hydrogen-bond acceptors (Lipinski definition) is 4. The highest BCUT2D eigenvalue weighted by Gasteiger charge is 2.23. The van der Waals surface area contributed by atoms with E-state index in [1.165, 1.54) is 0 Å². The van der Waals surface area contributed by atoms with Crippen molar-refractivity contribution in [3.05, 3.63) is 29.8 Å². The maximum absolute atomic E-state index is 11.5. The number of amides is 2. The van der Waals surface area contributed by atoms with Crippen molar-refractivity contribution < 1.29 is 14.3 Å². The van der Waals surface area contributed by atoms with Crippen molar-refractivity contribution in [2.24, 2.45) is 16.6 Å². The summed E-state index contributed by atoms with van der Waals surface area (Å²) in [5, 5.41) is 6.05. The Bertz CT molecular complexity index is 675. The molecule has 28 heavy (non-hydrogen) atoms. The molecule has 2 amide bonds. The van der Waals surface area contributed by atoms with E-state index < -0.39 is 5.91 Å². The number of primary amides is 1. The molecule has 156 valence electrons. The summed E-state index contributed by atoms with van der Waals surface area (Å²) >= 11 is 0. The van der Waals surface area contributed by atoms with Crippen LogP contribution in [0.2, 0.25) is 0 Å². The van der Waals surface area contributed by atoms with Crippen LogP contribution in [-0.2, 0) is 16.1 Å². The molecular formula is C19H30IN5O3. The summed E-state index contributed by atoms with van der Waals surface area (Å²) in [6.45, 7) is 2.22. The van der Waals surface area contributed by atoms with E-state index in [9.17, 15) is 9.59 Å². The van der Waals surface area contributed by atoms with Crippen LogP contribution in [-0.4, -0.2) is 56.5 Å². The molecule has 0 atom stereocenters. The topological polar surface area (TPSA) is 109 Å². The lowest BCUT2D eigenvalue weighted by Crippen LogP contribution is -2.45. The fraction of sp³-hybridized carbons (Fsp3) is 0.526. The molecular weight excluding hydrogens is 473 g/mol. The first kappa shape index (κ1) is 24.0. The molecule has 0 saturated carbocycles. The number of nitrogens with one attached hydrogen (secondary N) is 2. The van der Waals surface area contributed by atoms with E-state index in [-0.39, 0.29) is 36.5 Å². The lowest BCUT2D eigenvalue weighted by Gasteiger charge is -2.34. The van der Waals surface area contributed by atoms with Crippen LogP contribution in [0.1, 0.15) is 24.8 Å². The van der Waals surface area contributed by atoms with Gasteiger partial charge in [-0.2, -0.15) is 0 Å². The van der Waals surface area contributed by atoms with Crippen molar-refractivity contribution in [1.29, 1.82) is 0 Å². The molecule has 0 spiro atoms. The highest BCUT2D eigenvalue weighted by atomic mass is 127. The van der Waals surface area contributed by atoms with E-state index in [1.54, 1.807) is 20.2 Å². The number of hydrogen-bond donors (Lipinski definition) is 3. The summed E-state index contributed by atoms with van der Waals surface area (Å²) in [5.74, 6) is 1.49. The standard InChI is InChI=1S/C19H29N5O3.HI/c1-21-18(26)11-14-6-8-24(9-7-14)19(22-2)23-12-15-4-3-5-16(10-15)27-13-17(20)25;/h3-5,10,14H,6-9,11-13H2,1-2H3,(H2,20,25)(H,21,26)(H,22,23);1H. The second-order valence-electron chi connectivity index (χ2n) is 6.61. The van der Waals surface area contributed by atoms with Crippen molar-refractivity contribution in [2.45, 2.75) is 25.8 Å². The third kappa shape index (κ3) is 7.91. The zero-order valence-corrected chi connectivity index (χ0v) is 18.8. The summed E-state index contributed by atoms with van der Waals surface area (Å²) in [4.78, 5) is 28.9. The minimum Gasteiger partial charge on any atom is -0.484 e. The van der Waals surface area contributed by atoms with E-state index in [0.717, 1.165) is 37.5 Å². The molecule has 1 aromatic rings. The average molecular weight is 503 g/mol. The van der Waals surface area contributed by atoms with Crippen LogP contribution in [0.15, 0.2) is 29.3 Å². The number of ether oxygens (including phenoxy) is 1. The van der Waals surface area contributed by atoms with Crippen LogP contribution in [0.25, 0.3) is 0 Å². The minimum atomic E-state index is -0.501. The fourth-order valence-corrected chi connectivity index (χ4v) is 3.13. The maximum Gasteiger partial charge on any atom is 0.255 e. The van der Waals surface area contributed by atoms with Gasteiger partial charge in [-0.1, -0.05) is 12.1 Å². The molecule has 2 rings (SSSR count). The van der Waals surface area contributed by atoms with Crippen molar-refractivity contribution in [3.63, 3.8) is 0 Å². The minimum absolute atomic E-state index is 0. The Hall–Kier alpha value is -2.04. The SMILES string of the molecule is CN=C(NCc1cccc(OCC(N)=O)c1)N1CCC(CC(=O)NC)CC1.I. The average Bonchev–Trinajstić information content (AvgIpc) is 2.68. The fourth-order valence-electron chi connectivity index (χ4n) is 3.13. The molecule has 1 saturated heterocycles. The Labute approximate surface area is 183 Å². The van der Waals surface area contributed by atoms with Crippen molar-refractivity contribution in [1.82, 2.24) is 15.5 Å². The van der Waals surface area contributed by atoms with E-state index in [4.69, 9.17) is 10.5 Å². The monoisotopic (exact) mass is 503 g/mol. The summed E-state index contributed by atoms with van der Waals surface area (Å²) in [7, 11) is 3.45. The zero-order chi connectivity index (χ0) is 19.6. The zero-order valence-electron chi connectivity index (χ0n) is 16.4. The maximum atomic E-state index is 11.5. The third-order valence-electron chi connectivity index (χ3n) is 4.61. The number of aliphatic imine (C=N–C) groups is 1. The van der Waals surface area contributed by atoms with Gasteiger partial charge in [0.1, 0.15) is 5.75 Å². The predicted octanol–water partition coefficient (Wildman–Crippen LogP) is 1.09. The summed E-state index contributed by atoms with van der Waals surface area (Å²) < 4.78 is 5.33. The molecule has 0 radical (unpaired) electrons. The number of likely N-dealkylation sites (tertiary alicyclic amines) is 1. The number of halogens is 1. The largest absolute Gasteiger partial charge is 0.484 e. The molecule has 0 bridgehead atoms. The molecule has 4 N–H and O–H groups in total. The molecule has 0 aliphatic carbocycles. The van der Waals surface area contributed by atoms with Crippen LogP contribution in [0, 0.1) is 5.92 Å². The van der Waals surface area contributed by atoms with Crippen molar-refractivity contribution >= 4 is 41.8 Å². The first-order valence-electron chi connectivity index (χ1n) is 9.18. The molecule has 0 unspecified atom stereocenters. The Balaban J connectivity index is 0.00000392. The molecule has 1 aromatic carbocycles. The molecule has 0 aromatic heterocycles. The van der Waals surface area contributed by atoms with Crippen LogP contribution in [0.4, 0.5) is 0 Å². The second-order valence-corrected chi connectivity index (χ2v) is 6.61. The van der Waals surface area contributed by atoms with Gasteiger partial charge in [-0.05, 0) is 36.5 Å². The number of carbonyl (C=O) groups is 2. The third-order valence-corrected chi connectivity index (χ3v) is 4.61. The smallest absolute Gasteiger partial charge is 0.255 e. The number of nitrogens with two attached hydrogens (primary N) is 1. The molecule has 1 fully saturated rings. The normalized spacial score (nSPS) is 14.8. The molecule has 1 aliphatic heterocycles. The highest BCUT2D eigenvalue weighted by Crippen LogP contribution is 2.20. The second kappa shape index (κ2) is 12.4. The molecule has 8 nitrogen and oxygen atoms in total. The number of carbonyl (C=O) groups excluding carboxylic acids is 2. The lowest BCUT2D eigenvalue weighted by atomic mass is 9.93. The van der Waals surface area contributed by atoms with Crippen LogP contribution in [0.3, 0.4) is 0 Å². The summed E-state index contributed by atoms with van der Waals surface area (Å²) in [6, 6.07) is 7.52. The number of rotatable bonds is 7. The van der Waals surface area contributed by atoms with Gasteiger partial charge in [-0.3, -0.25) is 14.6 Å². The van der Waals surface area contributed by atoms with Gasteiger partial charge in [0.15, 0.2) is 12.6 Å². The predicted molar refractivity (Wildman–Crippen MR) is 120 cm³/mol. The Morgan fingerprint density at radius 2 is 2.04 bits per heavy atom. The van der Waals surface area contributed by atoms with E-state index >= 15 is 0 Å². The van der Waals surface area contributed by atoms with Crippen LogP contribution >= 0.6 is 24.0 Å². The van der Waals surface area contributed by atoms with Gasteiger partial charge < -0.3 is 26.0 Å². The van der Waals surface area contributed by atoms with E-state index in [1.807, 2.05) is 18.2 Å². The van der Waals surface area contributed by atoms with E-state index in [2.05, 4.69) is 20.5 Å². The van der Waals surface area contributed by atoms with E-state index in [0.29, 0.717) is 24.6 Å². The summed E-state index contributed by atoms with van der Waals surface area (Å²) in [6.07, 6.45) is 2.55. The number of piperidine rings is 1. The van der Waals surface area contributed by atoms with Gasteiger partial charge in [0, 0.05) is 40.2 Å². The molecule has 9 heteroatoms. The Morgan fingerprint density at radius 3 is 2.64 bits per heavy atom. The first-order chi connectivity index (χ1) is 13.0. The van der Waals surface area contributed by atoms with Gasteiger partial charge >= 0.3 is 0 Å². The van der Waals surface area contributed by atoms with Crippen LogP contribution in [0.5, 0.6) is 5.75 Å². The van der Waals surface area contributed by atoms with Crippen molar-refractivity contribution in [3.8, 4) is 5.75 Å². The van der Waals surface area contributed by atoms with Gasteiger partial charge in [-0.25, -0.2) is 0 Å². The molecule has 1 heterocycles. The highest BCUT2D eigenvalue weighted by molar-refractivity contribution is 14.0. The van der Waals surface area contributed by atoms with Gasteiger partial charge in [0.05, 0.1) is 0 Å². The number of benzene rings is 1. The first-order valence-corrected chi connectivity index (χ1v) is 9.18. The van der Waals surface area contributed by atoms with Crippen molar-refractivity contribution in [2.75, 3.05) is 33.8 Å².